The van der Waals surface area contributed by atoms with E-state index < -0.39 is 0 Å². The lowest BCUT2D eigenvalue weighted by Crippen LogP contribution is -2.45. The van der Waals surface area contributed by atoms with Gasteiger partial charge in [-0.25, -0.2) is 4.98 Å². The van der Waals surface area contributed by atoms with Crippen LogP contribution in [0.4, 0.5) is 0 Å². The fourth-order valence-corrected chi connectivity index (χ4v) is 4.81. The molecule has 34 heavy (non-hydrogen) atoms. The molecule has 174 valence electrons. The van der Waals surface area contributed by atoms with Gasteiger partial charge in [0, 0.05) is 42.0 Å². The van der Waals surface area contributed by atoms with Crippen molar-refractivity contribution >= 4 is 34.4 Å². The van der Waals surface area contributed by atoms with E-state index in [0.717, 1.165) is 30.0 Å². The molecule has 3 aromatic carbocycles. The highest BCUT2D eigenvalue weighted by Crippen LogP contribution is 2.22. The van der Waals surface area contributed by atoms with Crippen LogP contribution in [-0.4, -0.2) is 45.6 Å². The smallest absolute Gasteiger partial charge is 0.257 e. The molecule has 7 heteroatoms. The summed E-state index contributed by atoms with van der Waals surface area (Å²) in [6.07, 6.45) is 5.21. The van der Waals surface area contributed by atoms with Crippen molar-refractivity contribution in [3.63, 3.8) is 0 Å². The number of benzene rings is 3. The lowest BCUT2D eigenvalue weighted by Gasteiger charge is -2.25. The molecule has 4 rings (SSSR count). The van der Waals surface area contributed by atoms with Gasteiger partial charge in [-0.1, -0.05) is 60.7 Å². The van der Waals surface area contributed by atoms with E-state index in [4.69, 9.17) is 5.41 Å². The molecule has 0 fully saturated rings. The Balaban J connectivity index is 1.33. The maximum atomic E-state index is 12.6. The number of aromatic nitrogens is 2. The molecule has 3 N–H and O–H groups in total. The molecule has 1 aromatic heterocycles. The number of fused-ring (bicyclic) bond motifs is 1. The van der Waals surface area contributed by atoms with Crippen LogP contribution >= 0.6 is 11.8 Å². The average molecular weight is 472 g/mol. The zero-order valence-corrected chi connectivity index (χ0v) is 19.9. The fourth-order valence-electron chi connectivity index (χ4n) is 3.84. The minimum atomic E-state index is -0.257. The van der Waals surface area contributed by atoms with Crippen molar-refractivity contribution in [1.29, 1.82) is 5.41 Å². The summed E-state index contributed by atoms with van der Waals surface area (Å²) in [7, 11) is 0. The molecule has 0 aliphatic carbocycles. The Hall–Kier alpha value is -3.58. The van der Waals surface area contributed by atoms with Gasteiger partial charge in [0.25, 0.3) is 5.91 Å². The van der Waals surface area contributed by atoms with Crippen LogP contribution in [0, 0.1) is 5.41 Å². The maximum Gasteiger partial charge on any atom is 0.257 e. The average Bonchev–Trinajstić information content (AvgIpc) is 3.39. The molecule has 6 nitrogen and oxygen atoms in total. The van der Waals surface area contributed by atoms with Gasteiger partial charge in [-0.05, 0) is 41.3 Å². The first-order chi connectivity index (χ1) is 16.7. The molecular formula is C27H29N5OS. The molecule has 0 aliphatic rings. The molecule has 0 aliphatic heterocycles. The van der Waals surface area contributed by atoms with Gasteiger partial charge in [0.2, 0.25) is 0 Å². The summed E-state index contributed by atoms with van der Waals surface area (Å²) in [4.78, 5) is 21.7. The number of nitrogens with one attached hydrogen (secondary N) is 3. The van der Waals surface area contributed by atoms with Crippen LogP contribution in [0.2, 0.25) is 0 Å². The summed E-state index contributed by atoms with van der Waals surface area (Å²) in [6.45, 7) is 1.37. The first-order valence-corrected chi connectivity index (χ1v) is 12.6. The third-order valence-corrected chi connectivity index (χ3v) is 6.64. The van der Waals surface area contributed by atoms with E-state index in [1.165, 1.54) is 16.3 Å². The van der Waals surface area contributed by atoms with Gasteiger partial charge in [-0.2, -0.15) is 11.8 Å². The van der Waals surface area contributed by atoms with Gasteiger partial charge in [-0.15, -0.1) is 0 Å². The Labute approximate surface area is 204 Å². The second-order valence-corrected chi connectivity index (χ2v) is 9.13. The number of thioether (sulfide) groups is 1. The number of hydrogen-bond donors (Lipinski definition) is 3. The van der Waals surface area contributed by atoms with Crippen LogP contribution in [0.25, 0.3) is 10.8 Å². The summed E-state index contributed by atoms with van der Waals surface area (Å²) < 4.78 is 0. The number of H-pyrrole nitrogens is 1. The zero-order valence-electron chi connectivity index (χ0n) is 19.0. The van der Waals surface area contributed by atoms with E-state index in [9.17, 15) is 4.79 Å². The molecule has 0 bridgehead atoms. The number of carbonyl (C=O) groups is 1. The van der Waals surface area contributed by atoms with Crippen molar-refractivity contribution < 1.29 is 4.79 Å². The normalized spacial score (nSPS) is 10.8. The third kappa shape index (κ3) is 6.48. The highest BCUT2D eigenvalue weighted by atomic mass is 32.2. The Morgan fingerprint density at radius 2 is 1.79 bits per heavy atom. The summed E-state index contributed by atoms with van der Waals surface area (Å²) >= 11 is 1.85. The molecule has 1 heterocycles. The summed E-state index contributed by atoms with van der Waals surface area (Å²) in [5, 5.41) is 13.9. The Morgan fingerprint density at radius 3 is 2.62 bits per heavy atom. The quantitative estimate of drug-likeness (QED) is 0.171. The SMILES string of the molecule is N=C(NC(=O)c1ccccc1)N(CCCc1cnc[nH]1)CCSCc1cccc2ccccc12. The van der Waals surface area contributed by atoms with E-state index >= 15 is 0 Å². The maximum absolute atomic E-state index is 12.6. The van der Waals surface area contributed by atoms with Crippen LogP contribution in [0.3, 0.4) is 0 Å². The van der Waals surface area contributed by atoms with Gasteiger partial charge in [0.05, 0.1) is 6.33 Å². The number of amides is 1. The largest absolute Gasteiger partial charge is 0.348 e. The lowest BCUT2D eigenvalue weighted by molar-refractivity contribution is 0.0972. The van der Waals surface area contributed by atoms with Crippen molar-refractivity contribution in [2.45, 2.75) is 18.6 Å². The van der Waals surface area contributed by atoms with Gasteiger partial charge >= 0.3 is 0 Å². The highest BCUT2D eigenvalue weighted by molar-refractivity contribution is 7.98. The van der Waals surface area contributed by atoms with E-state index in [1.54, 1.807) is 18.5 Å². The van der Waals surface area contributed by atoms with Gasteiger partial charge in [-0.3, -0.25) is 15.5 Å². The van der Waals surface area contributed by atoms with E-state index in [0.29, 0.717) is 18.7 Å². The standard InChI is InChI=1S/C27H29N5OS/c28-27(31-26(33)22-9-2-1-3-10-22)32(15-7-13-24-18-29-20-30-24)16-17-34-19-23-12-6-11-21-8-4-5-14-25(21)23/h1-6,8-12,14,18,20H,7,13,15-17,19H2,(H,29,30)(H2,28,31,33). The predicted molar refractivity (Wildman–Crippen MR) is 140 cm³/mol. The first kappa shape index (κ1) is 23.6. The van der Waals surface area contributed by atoms with Gasteiger partial charge < -0.3 is 9.88 Å². The number of aromatic amines is 1. The highest BCUT2D eigenvalue weighted by Gasteiger charge is 2.14. The van der Waals surface area contributed by atoms with Gasteiger partial charge in [0.15, 0.2) is 5.96 Å². The summed E-state index contributed by atoms with van der Waals surface area (Å²) in [5.41, 5.74) is 2.95. The number of imidazole rings is 1. The van der Waals surface area contributed by atoms with Crippen LogP contribution in [0.15, 0.2) is 85.3 Å². The number of hydrogen-bond acceptors (Lipinski definition) is 4. The second kappa shape index (κ2) is 12.0. The number of aryl methyl sites for hydroxylation is 1. The Kier molecular flexibility index (Phi) is 8.35. The zero-order chi connectivity index (χ0) is 23.6. The number of carbonyl (C=O) groups excluding carboxylic acids is 1. The minimum absolute atomic E-state index is 0.143. The molecule has 0 spiro atoms. The molecule has 4 aromatic rings. The number of guanidine groups is 1. The van der Waals surface area contributed by atoms with Crippen LogP contribution < -0.4 is 5.32 Å². The predicted octanol–water partition coefficient (Wildman–Crippen LogP) is 5.10. The summed E-state index contributed by atoms with van der Waals surface area (Å²) in [6, 6.07) is 23.9. The van der Waals surface area contributed by atoms with Crippen molar-refractivity contribution in [2.75, 3.05) is 18.8 Å². The number of nitrogens with zero attached hydrogens (tertiary/aromatic N) is 2. The second-order valence-electron chi connectivity index (χ2n) is 8.03. The Bertz CT molecular complexity index is 1200. The van der Waals surface area contributed by atoms with Crippen molar-refractivity contribution in [1.82, 2.24) is 20.2 Å². The van der Waals surface area contributed by atoms with Gasteiger partial charge in [0.1, 0.15) is 0 Å². The minimum Gasteiger partial charge on any atom is -0.348 e. The van der Waals surface area contributed by atoms with Crippen molar-refractivity contribution in [3.05, 3.63) is 102 Å². The first-order valence-electron chi connectivity index (χ1n) is 11.4. The number of rotatable bonds is 10. The van der Waals surface area contributed by atoms with E-state index in [-0.39, 0.29) is 11.9 Å². The molecular weight excluding hydrogens is 442 g/mol. The molecule has 0 atom stereocenters. The third-order valence-electron chi connectivity index (χ3n) is 5.66. The molecule has 0 unspecified atom stereocenters. The topological polar surface area (TPSA) is 84.9 Å². The summed E-state index contributed by atoms with van der Waals surface area (Å²) in [5.74, 6) is 1.65. The van der Waals surface area contributed by atoms with E-state index in [2.05, 4.69) is 57.7 Å². The lowest BCUT2D eigenvalue weighted by atomic mass is 10.1. The Morgan fingerprint density at radius 1 is 1.00 bits per heavy atom. The fraction of sp³-hybridized carbons (Fsp3) is 0.222. The molecule has 0 saturated carbocycles. The van der Waals surface area contributed by atoms with Crippen LogP contribution in [0.1, 0.15) is 28.0 Å². The molecule has 1 amide bonds. The van der Waals surface area contributed by atoms with Crippen molar-refractivity contribution in [2.24, 2.45) is 0 Å². The molecule has 0 radical (unpaired) electrons. The van der Waals surface area contributed by atoms with E-state index in [1.807, 2.05) is 41.1 Å². The molecule has 0 saturated heterocycles. The van der Waals surface area contributed by atoms with Crippen LogP contribution in [-0.2, 0) is 12.2 Å². The monoisotopic (exact) mass is 471 g/mol. The van der Waals surface area contributed by atoms with Crippen LogP contribution in [0.5, 0.6) is 0 Å². The van der Waals surface area contributed by atoms with Crippen molar-refractivity contribution in [3.8, 4) is 0 Å².